The van der Waals surface area contributed by atoms with Crippen molar-refractivity contribution < 1.29 is 0 Å². The van der Waals surface area contributed by atoms with Crippen LogP contribution in [0.3, 0.4) is 0 Å². The molecule has 0 atom stereocenters. The van der Waals surface area contributed by atoms with Crippen LogP contribution in [0.5, 0.6) is 0 Å². The van der Waals surface area contributed by atoms with E-state index in [0.717, 1.165) is 38.3 Å². The fourth-order valence-corrected chi connectivity index (χ4v) is 2.49. The molecule has 0 aliphatic carbocycles. The Kier molecular flexibility index (Phi) is 9.31. The lowest BCUT2D eigenvalue weighted by atomic mass is 10.1. The predicted octanol–water partition coefficient (Wildman–Crippen LogP) is 2.03. The minimum absolute atomic E-state index is 0. The molecular formula is C18H30IN5. The summed E-state index contributed by atoms with van der Waals surface area (Å²) in [7, 11) is 2.18. The van der Waals surface area contributed by atoms with Crippen LogP contribution >= 0.6 is 24.0 Å². The molecule has 1 aliphatic rings. The van der Waals surface area contributed by atoms with Crippen LogP contribution < -0.4 is 11.1 Å². The van der Waals surface area contributed by atoms with Crippen molar-refractivity contribution in [2.75, 3.05) is 39.8 Å². The lowest BCUT2D eigenvalue weighted by Crippen LogP contribution is -2.43. The van der Waals surface area contributed by atoms with Crippen LogP contribution in [0.15, 0.2) is 41.4 Å². The van der Waals surface area contributed by atoms with Crippen molar-refractivity contribution in [2.45, 2.75) is 20.0 Å². The molecular weight excluding hydrogens is 413 g/mol. The Morgan fingerprint density at radius 2 is 1.75 bits per heavy atom. The van der Waals surface area contributed by atoms with Crippen molar-refractivity contribution in [1.29, 1.82) is 0 Å². The van der Waals surface area contributed by atoms with E-state index in [1.165, 1.54) is 11.1 Å². The second kappa shape index (κ2) is 10.7. The molecule has 1 aliphatic heterocycles. The van der Waals surface area contributed by atoms with Crippen LogP contribution in [0, 0.1) is 0 Å². The molecule has 0 bridgehead atoms. The van der Waals surface area contributed by atoms with E-state index in [1.54, 1.807) is 0 Å². The highest BCUT2D eigenvalue weighted by atomic mass is 127. The van der Waals surface area contributed by atoms with Crippen LogP contribution in [0.25, 0.3) is 0 Å². The Hall–Kier alpha value is -1.12. The number of halogens is 1. The minimum atomic E-state index is 0. The zero-order chi connectivity index (χ0) is 16.7. The number of likely N-dealkylation sites (N-methyl/N-ethyl adjacent to an activating group) is 1. The maximum Gasteiger partial charge on any atom is 0.189 e. The molecule has 1 aromatic rings. The normalized spacial score (nSPS) is 16.5. The monoisotopic (exact) mass is 443 g/mol. The van der Waals surface area contributed by atoms with Crippen LogP contribution in [-0.4, -0.2) is 55.5 Å². The van der Waals surface area contributed by atoms with Crippen molar-refractivity contribution >= 4 is 29.9 Å². The summed E-state index contributed by atoms with van der Waals surface area (Å²) in [6.07, 6.45) is 0. The number of nitrogens with zero attached hydrogens (tertiary/aromatic N) is 3. The molecule has 5 nitrogen and oxygen atoms in total. The molecule has 2 rings (SSSR count). The van der Waals surface area contributed by atoms with Gasteiger partial charge in [0.25, 0.3) is 0 Å². The van der Waals surface area contributed by atoms with Crippen LogP contribution in [-0.2, 0) is 13.1 Å². The van der Waals surface area contributed by atoms with Gasteiger partial charge in [0.1, 0.15) is 0 Å². The number of nitrogens with two attached hydrogens (primary N) is 1. The summed E-state index contributed by atoms with van der Waals surface area (Å²) in [5.74, 6) is 0.467. The molecule has 0 aromatic heterocycles. The third-order valence-electron chi connectivity index (χ3n) is 4.03. The summed E-state index contributed by atoms with van der Waals surface area (Å²) in [4.78, 5) is 9.23. The Labute approximate surface area is 163 Å². The summed E-state index contributed by atoms with van der Waals surface area (Å²) >= 11 is 0. The molecule has 6 heteroatoms. The highest BCUT2D eigenvalue weighted by molar-refractivity contribution is 14.0. The van der Waals surface area contributed by atoms with Gasteiger partial charge in [-0.25, -0.2) is 4.99 Å². The van der Waals surface area contributed by atoms with Crippen molar-refractivity contribution in [2.24, 2.45) is 10.7 Å². The number of hydrogen-bond donors (Lipinski definition) is 2. The SMILES string of the molecule is C=C(C)CNC(N)=NCc1ccc(CN2CCN(C)CC2)cc1.I. The van der Waals surface area contributed by atoms with Gasteiger partial charge in [0.15, 0.2) is 5.96 Å². The molecule has 1 heterocycles. The van der Waals surface area contributed by atoms with Gasteiger partial charge >= 0.3 is 0 Å². The number of guanidine groups is 1. The number of piperazine rings is 1. The van der Waals surface area contributed by atoms with Crippen molar-refractivity contribution in [3.05, 3.63) is 47.5 Å². The van der Waals surface area contributed by atoms with Gasteiger partial charge < -0.3 is 16.0 Å². The summed E-state index contributed by atoms with van der Waals surface area (Å²) in [6.45, 7) is 12.7. The van der Waals surface area contributed by atoms with E-state index < -0.39 is 0 Å². The number of aliphatic imine (C=N–C) groups is 1. The third-order valence-corrected chi connectivity index (χ3v) is 4.03. The zero-order valence-electron chi connectivity index (χ0n) is 14.8. The van der Waals surface area contributed by atoms with Gasteiger partial charge in [0, 0.05) is 39.3 Å². The smallest absolute Gasteiger partial charge is 0.189 e. The van der Waals surface area contributed by atoms with Gasteiger partial charge in [-0.15, -0.1) is 24.0 Å². The first kappa shape index (κ1) is 20.9. The predicted molar refractivity (Wildman–Crippen MR) is 113 cm³/mol. The molecule has 0 unspecified atom stereocenters. The topological polar surface area (TPSA) is 56.9 Å². The van der Waals surface area contributed by atoms with Gasteiger partial charge in [0.2, 0.25) is 0 Å². The number of hydrogen-bond acceptors (Lipinski definition) is 3. The maximum atomic E-state index is 5.82. The Balaban J connectivity index is 0.00000288. The van der Waals surface area contributed by atoms with Crippen molar-refractivity contribution in [3.8, 4) is 0 Å². The Morgan fingerprint density at radius 1 is 1.17 bits per heavy atom. The first-order valence-electron chi connectivity index (χ1n) is 8.20. The number of nitrogens with one attached hydrogen (secondary N) is 1. The lowest BCUT2D eigenvalue weighted by Gasteiger charge is -2.32. The molecule has 0 amide bonds. The van der Waals surface area contributed by atoms with E-state index in [2.05, 4.69) is 58.0 Å². The van der Waals surface area contributed by atoms with Crippen molar-refractivity contribution in [1.82, 2.24) is 15.1 Å². The van der Waals surface area contributed by atoms with Crippen molar-refractivity contribution in [3.63, 3.8) is 0 Å². The number of benzene rings is 1. The fraction of sp³-hybridized carbons (Fsp3) is 0.500. The van der Waals surface area contributed by atoms with Gasteiger partial charge in [-0.3, -0.25) is 4.90 Å². The first-order chi connectivity index (χ1) is 11.0. The summed E-state index contributed by atoms with van der Waals surface area (Å²) in [6, 6.07) is 8.67. The molecule has 1 fully saturated rings. The summed E-state index contributed by atoms with van der Waals surface area (Å²) in [5, 5.41) is 3.04. The molecule has 1 saturated heterocycles. The quantitative estimate of drug-likeness (QED) is 0.306. The highest BCUT2D eigenvalue weighted by Crippen LogP contribution is 2.10. The Morgan fingerprint density at radius 3 is 2.33 bits per heavy atom. The van der Waals surface area contributed by atoms with E-state index >= 15 is 0 Å². The molecule has 3 N–H and O–H groups in total. The summed E-state index contributed by atoms with van der Waals surface area (Å²) in [5.41, 5.74) is 9.39. The average Bonchev–Trinajstić information content (AvgIpc) is 2.54. The van der Waals surface area contributed by atoms with Crippen LogP contribution in [0.4, 0.5) is 0 Å². The van der Waals surface area contributed by atoms with E-state index in [9.17, 15) is 0 Å². The molecule has 24 heavy (non-hydrogen) atoms. The molecule has 1 aromatic carbocycles. The minimum Gasteiger partial charge on any atom is -0.370 e. The molecule has 0 spiro atoms. The highest BCUT2D eigenvalue weighted by Gasteiger charge is 2.13. The largest absolute Gasteiger partial charge is 0.370 e. The van der Waals surface area contributed by atoms with Gasteiger partial charge in [-0.2, -0.15) is 0 Å². The average molecular weight is 443 g/mol. The van der Waals surface area contributed by atoms with Crippen LogP contribution in [0.2, 0.25) is 0 Å². The second-order valence-corrected chi connectivity index (χ2v) is 6.41. The fourth-order valence-electron chi connectivity index (χ4n) is 2.49. The molecule has 0 radical (unpaired) electrons. The second-order valence-electron chi connectivity index (χ2n) is 6.41. The lowest BCUT2D eigenvalue weighted by molar-refractivity contribution is 0.148. The number of rotatable bonds is 6. The van der Waals surface area contributed by atoms with E-state index in [0.29, 0.717) is 19.0 Å². The van der Waals surface area contributed by atoms with E-state index in [4.69, 9.17) is 5.73 Å². The maximum absolute atomic E-state index is 5.82. The standard InChI is InChI=1S/C18H29N5.HI/c1-15(2)12-20-18(19)21-13-16-4-6-17(7-5-16)14-23-10-8-22(3)9-11-23;/h4-7H,1,8-14H2,2-3H3,(H3,19,20,21);1H. The van der Waals surface area contributed by atoms with Gasteiger partial charge in [-0.1, -0.05) is 36.4 Å². The molecule has 0 saturated carbocycles. The van der Waals surface area contributed by atoms with Gasteiger partial charge in [0.05, 0.1) is 6.54 Å². The van der Waals surface area contributed by atoms with E-state index in [1.807, 2.05) is 6.92 Å². The van der Waals surface area contributed by atoms with Crippen LogP contribution in [0.1, 0.15) is 18.1 Å². The zero-order valence-corrected chi connectivity index (χ0v) is 17.1. The first-order valence-corrected chi connectivity index (χ1v) is 8.20. The molecule has 134 valence electrons. The van der Waals surface area contributed by atoms with Gasteiger partial charge in [-0.05, 0) is 25.1 Å². The Bertz CT molecular complexity index is 533. The third kappa shape index (κ3) is 7.63. The summed E-state index contributed by atoms with van der Waals surface area (Å²) < 4.78 is 0. The van der Waals surface area contributed by atoms with E-state index in [-0.39, 0.29) is 24.0 Å².